The molecule has 0 bridgehead atoms. The zero-order chi connectivity index (χ0) is 21.0. The maximum atomic E-state index is 12.6. The Morgan fingerprint density at radius 2 is 1.90 bits per heavy atom. The summed E-state index contributed by atoms with van der Waals surface area (Å²) in [7, 11) is -2.25. The van der Waals surface area contributed by atoms with Gasteiger partial charge in [0.1, 0.15) is 33.9 Å². The molecule has 0 spiro atoms. The van der Waals surface area contributed by atoms with E-state index in [1.807, 2.05) is 24.6 Å². The van der Waals surface area contributed by atoms with E-state index >= 15 is 0 Å². The molecule has 0 radical (unpaired) electrons. The second kappa shape index (κ2) is 8.58. The topological polar surface area (TPSA) is 111 Å². The molecular formula is C19H24N6O3S. The van der Waals surface area contributed by atoms with E-state index < -0.39 is 10.0 Å². The van der Waals surface area contributed by atoms with Crippen molar-refractivity contribution in [1.82, 2.24) is 24.2 Å². The number of hydrogen-bond acceptors (Lipinski definition) is 7. The van der Waals surface area contributed by atoms with Crippen LogP contribution in [0.5, 0.6) is 5.75 Å². The molecule has 0 aliphatic heterocycles. The predicted octanol–water partition coefficient (Wildman–Crippen LogP) is 1.99. The van der Waals surface area contributed by atoms with Gasteiger partial charge in [0, 0.05) is 31.5 Å². The third kappa shape index (κ3) is 4.90. The van der Waals surface area contributed by atoms with Gasteiger partial charge in [-0.1, -0.05) is 6.07 Å². The average molecular weight is 417 g/mol. The lowest BCUT2D eigenvalue weighted by Crippen LogP contribution is -2.29. The van der Waals surface area contributed by atoms with Gasteiger partial charge in [-0.25, -0.2) is 28.1 Å². The predicted molar refractivity (Wildman–Crippen MR) is 110 cm³/mol. The largest absolute Gasteiger partial charge is 0.495 e. The van der Waals surface area contributed by atoms with Gasteiger partial charge in [0.2, 0.25) is 10.0 Å². The maximum Gasteiger partial charge on any atom is 0.244 e. The number of nitrogens with one attached hydrogen (secondary N) is 2. The summed E-state index contributed by atoms with van der Waals surface area (Å²) in [6.45, 7) is 6.05. The summed E-state index contributed by atoms with van der Waals surface area (Å²) in [5, 5.41) is 3.13. The minimum Gasteiger partial charge on any atom is -0.495 e. The molecule has 0 fully saturated rings. The van der Waals surface area contributed by atoms with Crippen molar-refractivity contribution < 1.29 is 13.2 Å². The van der Waals surface area contributed by atoms with Gasteiger partial charge in [-0.15, -0.1) is 0 Å². The zero-order valence-corrected chi connectivity index (χ0v) is 17.6. The molecule has 3 rings (SSSR count). The number of hydrogen-bond donors (Lipinski definition) is 2. The molecule has 0 atom stereocenters. The lowest BCUT2D eigenvalue weighted by Gasteiger charge is -2.13. The van der Waals surface area contributed by atoms with Gasteiger partial charge in [0.15, 0.2) is 0 Å². The quantitative estimate of drug-likeness (QED) is 0.540. The summed E-state index contributed by atoms with van der Waals surface area (Å²) in [6, 6.07) is 6.82. The van der Waals surface area contributed by atoms with Gasteiger partial charge < -0.3 is 10.1 Å². The van der Waals surface area contributed by atoms with Gasteiger partial charge in [0.05, 0.1) is 7.11 Å². The van der Waals surface area contributed by atoms with Crippen LogP contribution in [0, 0.1) is 20.8 Å². The minimum absolute atomic E-state index is 0.121. The van der Waals surface area contributed by atoms with E-state index in [0.717, 1.165) is 11.4 Å². The number of ether oxygens (including phenoxy) is 1. The van der Waals surface area contributed by atoms with Crippen LogP contribution in [0.15, 0.2) is 41.6 Å². The van der Waals surface area contributed by atoms with Crippen LogP contribution in [0.4, 0.5) is 5.82 Å². The van der Waals surface area contributed by atoms with Gasteiger partial charge in [0.25, 0.3) is 0 Å². The van der Waals surface area contributed by atoms with Crippen molar-refractivity contribution in [3.63, 3.8) is 0 Å². The van der Waals surface area contributed by atoms with Crippen LogP contribution in [0.2, 0.25) is 0 Å². The molecule has 0 saturated carbocycles. The number of rotatable bonds is 8. The fraction of sp³-hybridized carbons (Fsp3) is 0.316. The van der Waals surface area contributed by atoms with Crippen molar-refractivity contribution >= 4 is 15.8 Å². The van der Waals surface area contributed by atoms with E-state index in [9.17, 15) is 8.42 Å². The van der Waals surface area contributed by atoms with Gasteiger partial charge in [-0.05, 0) is 38.5 Å². The minimum atomic E-state index is -3.70. The van der Waals surface area contributed by atoms with E-state index in [2.05, 4.69) is 25.0 Å². The van der Waals surface area contributed by atoms with Crippen LogP contribution in [0.1, 0.15) is 17.2 Å². The summed E-state index contributed by atoms with van der Waals surface area (Å²) in [5.41, 5.74) is 0.836. The summed E-state index contributed by atoms with van der Waals surface area (Å²) in [6.07, 6.45) is 3.53. The fourth-order valence-electron chi connectivity index (χ4n) is 2.83. The molecule has 0 aliphatic carbocycles. The van der Waals surface area contributed by atoms with Crippen molar-refractivity contribution in [3.05, 3.63) is 53.9 Å². The number of sulfonamides is 1. The molecule has 9 nitrogen and oxygen atoms in total. The number of imidazole rings is 1. The third-order valence-corrected chi connectivity index (χ3v) is 5.71. The van der Waals surface area contributed by atoms with Crippen LogP contribution < -0.4 is 14.8 Å². The summed E-state index contributed by atoms with van der Waals surface area (Å²) in [4.78, 5) is 13.1. The molecule has 2 aromatic heterocycles. The Balaban J connectivity index is 1.66. The molecule has 2 N–H and O–H groups in total. The Morgan fingerprint density at radius 3 is 2.59 bits per heavy atom. The highest BCUT2D eigenvalue weighted by atomic mass is 32.2. The number of aromatic nitrogens is 4. The van der Waals surface area contributed by atoms with Crippen LogP contribution >= 0.6 is 0 Å². The van der Waals surface area contributed by atoms with Gasteiger partial charge in [-0.2, -0.15) is 0 Å². The maximum absolute atomic E-state index is 12.6. The van der Waals surface area contributed by atoms with Crippen LogP contribution in [0.3, 0.4) is 0 Å². The second-order valence-electron chi connectivity index (χ2n) is 6.48. The summed E-state index contributed by atoms with van der Waals surface area (Å²) < 4.78 is 34.9. The van der Waals surface area contributed by atoms with Crippen LogP contribution in [-0.2, 0) is 10.0 Å². The number of nitrogens with zero attached hydrogens (tertiary/aromatic N) is 4. The zero-order valence-electron chi connectivity index (χ0n) is 16.8. The van der Waals surface area contributed by atoms with E-state index in [1.54, 1.807) is 37.4 Å². The van der Waals surface area contributed by atoms with E-state index in [4.69, 9.17) is 4.74 Å². The molecule has 1 aromatic carbocycles. The lowest BCUT2D eigenvalue weighted by atomic mass is 10.2. The first-order valence-electron chi connectivity index (χ1n) is 9.04. The molecule has 154 valence electrons. The molecule has 0 unspecified atom stereocenters. The number of aryl methyl sites for hydroxylation is 3. The highest BCUT2D eigenvalue weighted by molar-refractivity contribution is 7.89. The molecule has 29 heavy (non-hydrogen) atoms. The monoisotopic (exact) mass is 416 g/mol. The van der Waals surface area contributed by atoms with Crippen LogP contribution in [0.25, 0.3) is 5.82 Å². The van der Waals surface area contributed by atoms with E-state index in [0.29, 0.717) is 29.8 Å². The Bertz CT molecular complexity index is 1110. The summed E-state index contributed by atoms with van der Waals surface area (Å²) in [5.74, 6) is 3.02. The molecule has 3 aromatic rings. The molecule has 0 saturated heterocycles. The Hall–Kier alpha value is -2.98. The Labute approximate surface area is 170 Å². The Kier molecular flexibility index (Phi) is 6.14. The van der Waals surface area contributed by atoms with Crippen molar-refractivity contribution in [3.8, 4) is 11.6 Å². The smallest absolute Gasteiger partial charge is 0.244 e. The number of benzene rings is 1. The van der Waals surface area contributed by atoms with Gasteiger partial charge >= 0.3 is 0 Å². The Morgan fingerprint density at radius 1 is 1.10 bits per heavy atom. The molecule has 0 amide bonds. The molecule has 10 heteroatoms. The van der Waals surface area contributed by atoms with E-state index in [1.165, 1.54) is 7.11 Å². The fourth-order valence-corrected chi connectivity index (χ4v) is 4.12. The molecule has 0 aliphatic rings. The highest BCUT2D eigenvalue weighted by Gasteiger charge is 2.19. The van der Waals surface area contributed by atoms with Crippen LogP contribution in [-0.4, -0.2) is 48.1 Å². The van der Waals surface area contributed by atoms with Crippen molar-refractivity contribution in [2.75, 3.05) is 25.5 Å². The van der Waals surface area contributed by atoms with Crippen molar-refractivity contribution in [2.24, 2.45) is 0 Å². The van der Waals surface area contributed by atoms with Gasteiger partial charge in [-0.3, -0.25) is 4.57 Å². The first-order valence-corrected chi connectivity index (χ1v) is 10.5. The first-order chi connectivity index (χ1) is 13.8. The first kappa shape index (κ1) is 20.7. The van der Waals surface area contributed by atoms with E-state index in [-0.39, 0.29) is 11.4 Å². The number of anilines is 1. The lowest BCUT2D eigenvalue weighted by molar-refractivity contribution is 0.402. The average Bonchev–Trinajstić information content (AvgIpc) is 3.11. The highest BCUT2D eigenvalue weighted by Crippen LogP contribution is 2.24. The second-order valence-corrected chi connectivity index (χ2v) is 8.22. The number of methoxy groups -OCH3 is 1. The molecule has 2 heterocycles. The van der Waals surface area contributed by atoms with Crippen molar-refractivity contribution in [1.29, 1.82) is 0 Å². The third-order valence-electron chi connectivity index (χ3n) is 4.23. The van der Waals surface area contributed by atoms with Crippen molar-refractivity contribution in [2.45, 2.75) is 25.7 Å². The summed E-state index contributed by atoms with van der Waals surface area (Å²) >= 11 is 0. The SMILES string of the molecule is COc1ccc(C)cc1S(=O)(=O)NCCNc1cc(-n2ccnc2C)nc(C)n1. The standard InChI is InChI=1S/C19H24N6O3S/c1-13-5-6-16(28-4)17(11-13)29(26,27)22-8-7-21-18-12-19(24-14(2)23-18)25-10-9-20-15(25)3/h5-6,9-12,22H,7-8H2,1-4H3,(H,21,23,24). The molecular weight excluding hydrogens is 392 g/mol. The normalized spacial score (nSPS) is 11.4.